The fraction of sp³-hybridized carbons (Fsp3) is 0.550. The topological polar surface area (TPSA) is 103 Å². The van der Waals surface area contributed by atoms with Crippen LogP contribution in [0, 0.1) is 5.92 Å². The van der Waals surface area contributed by atoms with Crippen molar-refractivity contribution in [2.24, 2.45) is 10.9 Å². The van der Waals surface area contributed by atoms with Gasteiger partial charge in [-0.2, -0.15) is 0 Å². The SMILES string of the molecule is CCNC(=NCC(O)c1cc2ccccc2s1)NCCS(=O)(=O)NCC1CCC1. The Labute approximate surface area is 176 Å². The van der Waals surface area contributed by atoms with E-state index in [4.69, 9.17) is 0 Å². The van der Waals surface area contributed by atoms with E-state index in [1.807, 2.05) is 37.3 Å². The average Bonchev–Trinajstić information content (AvgIpc) is 3.08. The molecule has 1 aromatic heterocycles. The van der Waals surface area contributed by atoms with Crippen molar-refractivity contribution in [1.82, 2.24) is 15.4 Å². The number of nitrogens with zero attached hydrogens (tertiary/aromatic N) is 1. The maximum atomic E-state index is 12.1. The lowest BCUT2D eigenvalue weighted by atomic mass is 9.86. The maximum absolute atomic E-state index is 12.1. The first kappa shape index (κ1) is 22.0. The number of aliphatic hydroxyl groups excluding tert-OH is 1. The first-order chi connectivity index (χ1) is 14.0. The van der Waals surface area contributed by atoms with Crippen molar-refractivity contribution in [1.29, 1.82) is 0 Å². The molecule has 29 heavy (non-hydrogen) atoms. The lowest BCUT2D eigenvalue weighted by Crippen LogP contribution is -2.42. The third-order valence-electron chi connectivity index (χ3n) is 5.02. The number of fused-ring (bicyclic) bond motifs is 1. The normalized spacial score (nSPS) is 16.6. The largest absolute Gasteiger partial charge is 0.386 e. The van der Waals surface area contributed by atoms with E-state index < -0.39 is 16.1 Å². The molecular formula is C20H30N4O3S2. The fourth-order valence-corrected chi connectivity index (χ4v) is 5.14. The van der Waals surface area contributed by atoms with Crippen LogP contribution in [0.3, 0.4) is 0 Å². The van der Waals surface area contributed by atoms with Gasteiger partial charge in [-0.15, -0.1) is 11.3 Å². The highest BCUT2D eigenvalue weighted by atomic mass is 32.2. The predicted molar refractivity (Wildman–Crippen MR) is 120 cm³/mol. The molecule has 0 spiro atoms. The minimum Gasteiger partial charge on any atom is -0.386 e. The van der Waals surface area contributed by atoms with Crippen molar-refractivity contribution in [2.45, 2.75) is 32.3 Å². The number of hydrogen-bond donors (Lipinski definition) is 4. The number of hydrogen-bond acceptors (Lipinski definition) is 5. The van der Waals surface area contributed by atoms with E-state index in [1.54, 1.807) is 11.3 Å². The molecule has 9 heteroatoms. The molecule has 1 unspecified atom stereocenters. The van der Waals surface area contributed by atoms with Crippen molar-refractivity contribution in [2.75, 3.05) is 31.9 Å². The van der Waals surface area contributed by atoms with E-state index in [9.17, 15) is 13.5 Å². The fourth-order valence-electron chi connectivity index (χ4n) is 3.09. The lowest BCUT2D eigenvalue weighted by Gasteiger charge is -2.25. The summed E-state index contributed by atoms with van der Waals surface area (Å²) in [6.45, 7) is 3.59. The number of benzene rings is 1. The van der Waals surface area contributed by atoms with Gasteiger partial charge in [0.25, 0.3) is 0 Å². The van der Waals surface area contributed by atoms with Crippen LogP contribution in [0.5, 0.6) is 0 Å². The highest BCUT2D eigenvalue weighted by Gasteiger charge is 2.20. The Bertz CT molecular complexity index is 890. The second-order valence-corrected chi connectivity index (χ2v) is 10.4. The van der Waals surface area contributed by atoms with E-state index in [2.05, 4.69) is 20.3 Å². The molecule has 4 N–H and O–H groups in total. The Morgan fingerprint density at radius 1 is 1.31 bits per heavy atom. The van der Waals surface area contributed by atoms with Crippen LogP contribution in [0.25, 0.3) is 10.1 Å². The zero-order chi connectivity index (χ0) is 20.7. The minimum absolute atomic E-state index is 0.0109. The highest BCUT2D eigenvalue weighted by molar-refractivity contribution is 7.89. The van der Waals surface area contributed by atoms with Crippen molar-refractivity contribution >= 4 is 37.4 Å². The van der Waals surface area contributed by atoms with Crippen LogP contribution in [0.2, 0.25) is 0 Å². The van der Waals surface area contributed by atoms with Gasteiger partial charge < -0.3 is 15.7 Å². The molecule has 0 radical (unpaired) electrons. The quantitative estimate of drug-likeness (QED) is 0.336. The third-order valence-corrected chi connectivity index (χ3v) is 7.58. The summed E-state index contributed by atoms with van der Waals surface area (Å²) in [5.74, 6) is 0.983. The standard InChI is InChI=1S/C20H30N4O3S2/c1-2-21-20(22-10-11-29(26,27)24-13-15-6-5-7-15)23-14-17(25)19-12-16-8-3-4-9-18(16)28-19/h3-4,8-9,12,15,17,24-25H,2,5-7,10-11,13-14H2,1H3,(H2,21,22,23). The van der Waals surface area contributed by atoms with E-state index >= 15 is 0 Å². The van der Waals surface area contributed by atoms with Crippen LogP contribution >= 0.6 is 11.3 Å². The second kappa shape index (κ2) is 10.4. The number of thiophene rings is 1. The summed E-state index contributed by atoms with van der Waals surface area (Å²) in [5, 5.41) is 17.7. The van der Waals surface area contributed by atoms with E-state index in [0.717, 1.165) is 27.8 Å². The zero-order valence-corrected chi connectivity index (χ0v) is 18.4. The second-order valence-electron chi connectivity index (χ2n) is 7.31. The molecular weight excluding hydrogens is 408 g/mol. The molecule has 0 aliphatic heterocycles. The molecule has 2 aromatic rings. The van der Waals surface area contributed by atoms with E-state index in [0.29, 0.717) is 25.0 Å². The van der Waals surface area contributed by atoms with Gasteiger partial charge in [0.1, 0.15) is 6.10 Å². The smallest absolute Gasteiger partial charge is 0.213 e. The molecule has 1 aliphatic carbocycles. The summed E-state index contributed by atoms with van der Waals surface area (Å²) < 4.78 is 28.0. The monoisotopic (exact) mass is 438 g/mol. The van der Waals surface area contributed by atoms with Gasteiger partial charge in [-0.3, -0.25) is 4.99 Å². The van der Waals surface area contributed by atoms with Crippen LogP contribution < -0.4 is 15.4 Å². The number of rotatable bonds is 10. The Balaban J connectivity index is 1.49. The number of nitrogens with one attached hydrogen (secondary N) is 3. The third kappa shape index (κ3) is 6.67. The number of sulfonamides is 1. The van der Waals surface area contributed by atoms with Gasteiger partial charge in [-0.25, -0.2) is 13.1 Å². The first-order valence-electron chi connectivity index (χ1n) is 10.1. The summed E-state index contributed by atoms with van der Waals surface area (Å²) in [7, 11) is -3.30. The number of aliphatic hydroxyl groups is 1. The van der Waals surface area contributed by atoms with Gasteiger partial charge >= 0.3 is 0 Å². The van der Waals surface area contributed by atoms with Crippen LogP contribution in [-0.4, -0.2) is 51.4 Å². The molecule has 3 rings (SSSR count). The van der Waals surface area contributed by atoms with Gasteiger partial charge in [-0.1, -0.05) is 24.6 Å². The molecule has 1 aliphatic rings. The Hall–Kier alpha value is -1.68. The van der Waals surface area contributed by atoms with Gasteiger partial charge in [0.05, 0.1) is 12.3 Å². The Morgan fingerprint density at radius 2 is 2.10 bits per heavy atom. The van der Waals surface area contributed by atoms with Crippen LogP contribution in [-0.2, 0) is 10.0 Å². The maximum Gasteiger partial charge on any atom is 0.213 e. The number of guanidine groups is 1. The zero-order valence-electron chi connectivity index (χ0n) is 16.7. The molecule has 7 nitrogen and oxygen atoms in total. The summed E-state index contributed by atoms with van der Waals surface area (Å²) >= 11 is 1.56. The number of aliphatic imine (C=N–C) groups is 1. The van der Waals surface area contributed by atoms with E-state index in [-0.39, 0.29) is 18.8 Å². The summed E-state index contributed by atoms with van der Waals surface area (Å²) in [6, 6.07) is 10.0. The van der Waals surface area contributed by atoms with Crippen molar-refractivity contribution in [3.8, 4) is 0 Å². The Morgan fingerprint density at radius 3 is 2.79 bits per heavy atom. The lowest BCUT2D eigenvalue weighted by molar-refractivity contribution is 0.191. The van der Waals surface area contributed by atoms with Crippen molar-refractivity contribution in [3.63, 3.8) is 0 Å². The van der Waals surface area contributed by atoms with Gasteiger partial charge in [0.2, 0.25) is 10.0 Å². The molecule has 160 valence electrons. The predicted octanol–water partition coefficient (Wildman–Crippen LogP) is 2.21. The van der Waals surface area contributed by atoms with Crippen molar-refractivity contribution in [3.05, 3.63) is 35.2 Å². The van der Waals surface area contributed by atoms with Crippen molar-refractivity contribution < 1.29 is 13.5 Å². The molecule has 0 saturated heterocycles. The molecule has 1 saturated carbocycles. The molecule has 1 fully saturated rings. The highest BCUT2D eigenvalue weighted by Crippen LogP contribution is 2.29. The molecule has 1 heterocycles. The average molecular weight is 439 g/mol. The van der Waals surface area contributed by atoms with E-state index in [1.165, 1.54) is 6.42 Å². The van der Waals surface area contributed by atoms with Crippen LogP contribution in [0.1, 0.15) is 37.2 Å². The van der Waals surface area contributed by atoms with Crippen LogP contribution in [0.15, 0.2) is 35.3 Å². The van der Waals surface area contributed by atoms with Gasteiger partial charge in [0, 0.05) is 29.2 Å². The molecule has 1 aromatic carbocycles. The van der Waals surface area contributed by atoms with Gasteiger partial charge in [-0.05, 0) is 43.2 Å². The first-order valence-corrected chi connectivity index (χ1v) is 12.6. The van der Waals surface area contributed by atoms with Crippen LogP contribution in [0.4, 0.5) is 0 Å². The molecule has 0 amide bonds. The molecule has 0 bridgehead atoms. The summed E-state index contributed by atoms with van der Waals surface area (Å²) in [5.41, 5.74) is 0. The molecule has 1 atom stereocenters. The van der Waals surface area contributed by atoms with Gasteiger partial charge in [0.15, 0.2) is 5.96 Å². The minimum atomic E-state index is -3.30. The summed E-state index contributed by atoms with van der Waals surface area (Å²) in [6.07, 6.45) is 2.72. The summed E-state index contributed by atoms with van der Waals surface area (Å²) in [4.78, 5) is 5.28. The Kier molecular flexibility index (Phi) is 7.88.